The van der Waals surface area contributed by atoms with Gasteiger partial charge in [-0.05, 0) is 38.1 Å². The molecule has 31 heavy (non-hydrogen) atoms. The highest BCUT2D eigenvalue weighted by atomic mass is 32.1. The third-order valence-corrected chi connectivity index (χ3v) is 6.10. The number of anilines is 1. The quantitative estimate of drug-likeness (QED) is 0.607. The number of rotatable bonds is 4. The SMILES string of the molecule is Cc1cc(C)n(-c2nc(CC(=O)N3CCN(c4cccc(C(F)(F)F)c4)CC3)cs2)n1. The number of carbonyl (C=O) groups excluding carboxylic acids is 1. The van der Waals surface area contributed by atoms with E-state index in [1.54, 1.807) is 15.6 Å². The minimum Gasteiger partial charge on any atom is -0.368 e. The van der Waals surface area contributed by atoms with E-state index in [9.17, 15) is 18.0 Å². The summed E-state index contributed by atoms with van der Waals surface area (Å²) in [6, 6.07) is 7.28. The Hall–Kier alpha value is -2.88. The molecule has 3 heterocycles. The number of piperazine rings is 1. The molecule has 0 radical (unpaired) electrons. The van der Waals surface area contributed by atoms with E-state index < -0.39 is 11.7 Å². The zero-order valence-corrected chi connectivity index (χ0v) is 18.0. The first-order valence-corrected chi connectivity index (χ1v) is 10.8. The molecule has 1 amide bonds. The van der Waals surface area contributed by atoms with E-state index in [-0.39, 0.29) is 12.3 Å². The average molecular weight is 450 g/mol. The van der Waals surface area contributed by atoms with Crippen molar-refractivity contribution < 1.29 is 18.0 Å². The Balaban J connectivity index is 1.35. The molecule has 0 saturated carbocycles. The maximum absolute atomic E-state index is 13.0. The number of aromatic nitrogens is 3. The minimum absolute atomic E-state index is 0.0334. The van der Waals surface area contributed by atoms with Crippen molar-refractivity contribution in [2.45, 2.75) is 26.4 Å². The lowest BCUT2D eigenvalue weighted by molar-refractivity contribution is -0.137. The van der Waals surface area contributed by atoms with Gasteiger partial charge in [-0.2, -0.15) is 18.3 Å². The summed E-state index contributed by atoms with van der Waals surface area (Å²) in [5, 5.41) is 7.00. The van der Waals surface area contributed by atoms with Crippen molar-refractivity contribution in [1.82, 2.24) is 19.7 Å². The van der Waals surface area contributed by atoms with Crippen LogP contribution in [0.3, 0.4) is 0 Å². The molecule has 0 aliphatic carbocycles. The summed E-state index contributed by atoms with van der Waals surface area (Å²) in [4.78, 5) is 20.9. The number of thiazole rings is 1. The van der Waals surface area contributed by atoms with Gasteiger partial charge in [0.15, 0.2) is 0 Å². The van der Waals surface area contributed by atoms with Gasteiger partial charge in [0.2, 0.25) is 11.0 Å². The largest absolute Gasteiger partial charge is 0.416 e. The molecule has 0 atom stereocenters. The van der Waals surface area contributed by atoms with Crippen molar-refractivity contribution in [3.63, 3.8) is 0 Å². The second-order valence-electron chi connectivity index (χ2n) is 7.55. The number of benzene rings is 1. The van der Waals surface area contributed by atoms with Crippen LogP contribution in [0.15, 0.2) is 35.7 Å². The van der Waals surface area contributed by atoms with Gasteiger partial charge in [-0.1, -0.05) is 6.07 Å². The Morgan fingerprint density at radius 3 is 2.52 bits per heavy atom. The number of hydrogen-bond donors (Lipinski definition) is 0. The van der Waals surface area contributed by atoms with Gasteiger partial charge in [0.25, 0.3) is 0 Å². The number of alkyl halides is 3. The summed E-state index contributed by atoms with van der Waals surface area (Å²) >= 11 is 1.44. The lowest BCUT2D eigenvalue weighted by Gasteiger charge is -2.36. The summed E-state index contributed by atoms with van der Waals surface area (Å²) in [7, 11) is 0. The first kappa shape index (κ1) is 21.4. The van der Waals surface area contributed by atoms with Crippen molar-refractivity contribution in [1.29, 1.82) is 0 Å². The summed E-state index contributed by atoms with van der Waals surface area (Å²) in [6.07, 6.45) is -4.17. The minimum atomic E-state index is -4.37. The van der Waals surface area contributed by atoms with E-state index in [0.717, 1.165) is 28.7 Å². The molecule has 164 valence electrons. The van der Waals surface area contributed by atoms with E-state index in [0.29, 0.717) is 37.6 Å². The number of nitrogens with zero attached hydrogens (tertiary/aromatic N) is 5. The summed E-state index contributed by atoms with van der Waals surface area (Å²) in [5.41, 5.74) is 2.44. The number of halogens is 3. The molecule has 4 rings (SSSR count). The molecule has 1 aromatic carbocycles. The molecule has 10 heteroatoms. The summed E-state index contributed by atoms with van der Waals surface area (Å²) in [6.45, 7) is 5.77. The van der Waals surface area contributed by atoms with E-state index in [1.165, 1.54) is 17.4 Å². The summed E-state index contributed by atoms with van der Waals surface area (Å²) in [5.74, 6) is -0.0334. The number of carbonyl (C=O) groups is 1. The molecule has 0 unspecified atom stereocenters. The molecule has 0 bridgehead atoms. The molecule has 2 aromatic heterocycles. The van der Waals surface area contributed by atoms with Gasteiger partial charge in [-0.25, -0.2) is 9.67 Å². The van der Waals surface area contributed by atoms with Crippen LogP contribution in [0.25, 0.3) is 5.13 Å². The smallest absolute Gasteiger partial charge is 0.368 e. The predicted molar refractivity (Wildman–Crippen MR) is 113 cm³/mol. The van der Waals surface area contributed by atoms with Crippen molar-refractivity contribution >= 4 is 22.9 Å². The first-order chi connectivity index (χ1) is 14.7. The lowest BCUT2D eigenvalue weighted by Crippen LogP contribution is -2.49. The van der Waals surface area contributed by atoms with Crippen LogP contribution in [-0.4, -0.2) is 51.8 Å². The van der Waals surface area contributed by atoms with Crippen LogP contribution < -0.4 is 4.90 Å². The lowest BCUT2D eigenvalue weighted by atomic mass is 10.1. The molecule has 1 aliphatic rings. The van der Waals surface area contributed by atoms with E-state index in [1.807, 2.05) is 30.2 Å². The molecule has 0 spiro atoms. The Morgan fingerprint density at radius 2 is 1.87 bits per heavy atom. The first-order valence-electron chi connectivity index (χ1n) is 9.89. The van der Waals surface area contributed by atoms with Gasteiger partial charge in [0.1, 0.15) is 0 Å². The Morgan fingerprint density at radius 1 is 1.13 bits per heavy atom. The van der Waals surface area contributed by atoms with Crippen LogP contribution in [0.5, 0.6) is 0 Å². The topological polar surface area (TPSA) is 54.3 Å². The van der Waals surface area contributed by atoms with Crippen LogP contribution in [0.1, 0.15) is 22.6 Å². The monoisotopic (exact) mass is 449 g/mol. The Labute approximate surface area is 181 Å². The van der Waals surface area contributed by atoms with Crippen molar-refractivity contribution in [3.05, 3.63) is 58.4 Å². The number of amides is 1. The number of hydrogen-bond acceptors (Lipinski definition) is 5. The predicted octanol–water partition coefficient (Wildman–Crippen LogP) is 3.86. The van der Waals surface area contributed by atoms with E-state index in [4.69, 9.17) is 0 Å². The van der Waals surface area contributed by atoms with Crippen LogP contribution >= 0.6 is 11.3 Å². The van der Waals surface area contributed by atoms with Gasteiger partial charge >= 0.3 is 6.18 Å². The normalized spacial score (nSPS) is 14.9. The van der Waals surface area contributed by atoms with Crippen molar-refractivity contribution in [2.75, 3.05) is 31.1 Å². The van der Waals surface area contributed by atoms with Crippen LogP contribution in [0.4, 0.5) is 18.9 Å². The summed E-state index contributed by atoms with van der Waals surface area (Å²) < 4.78 is 40.6. The molecule has 1 saturated heterocycles. The highest BCUT2D eigenvalue weighted by molar-refractivity contribution is 7.12. The van der Waals surface area contributed by atoms with Gasteiger partial charge in [-0.15, -0.1) is 11.3 Å². The maximum Gasteiger partial charge on any atom is 0.416 e. The fourth-order valence-corrected chi connectivity index (χ4v) is 4.49. The Bertz CT molecular complexity index is 1080. The van der Waals surface area contributed by atoms with Gasteiger partial charge in [0.05, 0.1) is 23.4 Å². The highest BCUT2D eigenvalue weighted by Crippen LogP contribution is 2.32. The third kappa shape index (κ3) is 4.73. The fraction of sp³-hybridized carbons (Fsp3) is 0.381. The van der Waals surface area contributed by atoms with Crippen LogP contribution in [-0.2, 0) is 17.4 Å². The van der Waals surface area contributed by atoms with Gasteiger partial charge < -0.3 is 9.80 Å². The zero-order chi connectivity index (χ0) is 22.2. The molecule has 3 aromatic rings. The standard InChI is InChI=1S/C21H22F3N5OS/c1-14-10-15(2)29(26-14)20-25-17(13-31-20)12-19(30)28-8-6-27(7-9-28)18-5-3-4-16(11-18)21(22,23)24/h3-5,10-11,13H,6-9,12H2,1-2H3. The fourth-order valence-electron chi connectivity index (χ4n) is 3.66. The maximum atomic E-state index is 13.0. The van der Waals surface area contributed by atoms with E-state index in [2.05, 4.69) is 10.1 Å². The van der Waals surface area contributed by atoms with Crippen molar-refractivity contribution in [3.8, 4) is 5.13 Å². The zero-order valence-electron chi connectivity index (χ0n) is 17.2. The molecule has 6 nitrogen and oxygen atoms in total. The average Bonchev–Trinajstić information content (AvgIpc) is 3.33. The molecule has 1 fully saturated rings. The highest BCUT2D eigenvalue weighted by Gasteiger charge is 2.31. The molecular weight excluding hydrogens is 427 g/mol. The Kier molecular flexibility index (Phi) is 5.74. The van der Waals surface area contributed by atoms with Crippen molar-refractivity contribution in [2.24, 2.45) is 0 Å². The molecule has 1 aliphatic heterocycles. The second kappa shape index (κ2) is 8.33. The number of aryl methyl sites for hydroxylation is 2. The van der Waals surface area contributed by atoms with Gasteiger partial charge in [-0.3, -0.25) is 4.79 Å². The molecule has 0 N–H and O–H groups in total. The molecular formula is C21H22F3N5OS. The van der Waals surface area contributed by atoms with Crippen LogP contribution in [0, 0.1) is 13.8 Å². The van der Waals surface area contributed by atoms with Gasteiger partial charge in [0, 0.05) is 42.9 Å². The van der Waals surface area contributed by atoms with Crippen LogP contribution in [0.2, 0.25) is 0 Å². The van der Waals surface area contributed by atoms with E-state index >= 15 is 0 Å². The third-order valence-electron chi connectivity index (χ3n) is 5.23. The second-order valence-corrected chi connectivity index (χ2v) is 8.39.